The lowest BCUT2D eigenvalue weighted by molar-refractivity contribution is 0.593. The smallest absolute Gasteiger partial charge is 0.123 e. The van der Waals surface area contributed by atoms with Crippen LogP contribution in [0.2, 0.25) is 0 Å². The van der Waals surface area contributed by atoms with Crippen LogP contribution in [0.15, 0.2) is 24.3 Å². The van der Waals surface area contributed by atoms with Crippen LogP contribution in [0.3, 0.4) is 0 Å². The first kappa shape index (κ1) is 10.0. The largest absolute Gasteiger partial charge is 0.385 e. The molecule has 0 saturated carbocycles. The van der Waals surface area contributed by atoms with E-state index in [2.05, 4.69) is 19.2 Å². The standard InChI is InChI=1S/C11H16FN/c1-3-9(2)8-13-11-6-4-10(12)5-7-11/h4-7,9,13H,3,8H2,1-2H3/t9-/m0/s1. The highest BCUT2D eigenvalue weighted by Crippen LogP contribution is 2.09. The zero-order chi connectivity index (χ0) is 9.68. The van der Waals surface area contributed by atoms with Crippen LogP contribution in [0.5, 0.6) is 0 Å². The van der Waals surface area contributed by atoms with Crippen molar-refractivity contribution in [1.82, 2.24) is 0 Å². The second kappa shape index (κ2) is 4.85. The van der Waals surface area contributed by atoms with Gasteiger partial charge in [0, 0.05) is 12.2 Å². The highest BCUT2D eigenvalue weighted by molar-refractivity contribution is 5.42. The lowest BCUT2D eigenvalue weighted by Gasteiger charge is -2.10. The van der Waals surface area contributed by atoms with Gasteiger partial charge in [-0.25, -0.2) is 4.39 Å². The zero-order valence-electron chi connectivity index (χ0n) is 8.18. The highest BCUT2D eigenvalue weighted by atomic mass is 19.1. The van der Waals surface area contributed by atoms with Gasteiger partial charge in [0.15, 0.2) is 0 Å². The summed E-state index contributed by atoms with van der Waals surface area (Å²) in [6.07, 6.45) is 1.16. The second-order valence-corrected chi connectivity index (χ2v) is 3.40. The Hall–Kier alpha value is -1.05. The molecule has 13 heavy (non-hydrogen) atoms. The van der Waals surface area contributed by atoms with E-state index in [-0.39, 0.29) is 5.82 Å². The van der Waals surface area contributed by atoms with Crippen LogP contribution in [-0.4, -0.2) is 6.54 Å². The van der Waals surface area contributed by atoms with Gasteiger partial charge in [-0.15, -0.1) is 0 Å². The van der Waals surface area contributed by atoms with Gasteiger partial charge in [-0.2, -0.15) is 0 Å². The molecule has 0 aliphatic rings. The third-order valence-electron chi connectivity index (χ3n) is 2.20. The van der Waals surface area contributed by atoms with Gasteiger partial charge in [0.1, 0.15) is 5.82 Å². The maximum atomic E-state index is 12.5. The Morgan fingerprint density at radius 3 is 2.46 bits per heavy atom. The summed E-state index contributed by atoms with van der Waals surface area (Å²) in [5.74, 6) is 0.471. The Bertz CT molecular complexity index is 243. The molecular weight excluding hydrogens is 165 g/mol. The molecule has 1 atom stereocenters. The monoisotopic (exact) mass is 181 g/mol. The average Bonchev–Trinajstić information content (AvgIpc) is 2.16. The number of rotatable bonds is 4. The minimum Gasteiger partial charge on any atom is -0.385 e. The van der Waals surface area contributed by atoms with Crippen molar-refractivity contribution in [2.75, 3.05) is 11.9 Å². The molecule has 2 heteroatoms. The number of hydrogen-bond donors (Lipinski definition) is 1. The fraction of sp³-hybridized carbons (Fsp3) is 0.455. The summed E-state index contributed by atoms with van der Waals surface area (Å²) in [6, 6.07) is 6.47. The van der Waals surface area contributed by atoms with Gasteiger partial charge < -0.3 is 5.32 Å². The molecule has 0 unspecified atom stereocenters. The van der Waals surface area contributed by atoms with Crippen LogP contribution in [0, 0.1) is 11.7 Å². The Morgan fingerprint density at radius 1 is 1.31 bits per heavy atom. The fourth-order valence-electron chi connectivity index (χ4n) is 1.00. The van der Waals surface area contributed by atoms with Crippen LogP contribution < -0.4 is 5.32 Å². The molecule has 0 saturated heterocycles. The van der Waals surface area contributed by atoms with Crippen molar-refractivity contribution in [1.29, 1.82) is 0 Å². The Morgan fingerprint density at radius 2 is 1.92 bits per heavy atom. The summed E-state index contributed by atoms with van der Waals surface area (Å²) in [6.45, 7) is 5.30. The average molecular weight is 181 g/mol. The van der Waals surface area contributed by atoms with E-state index < -0.39 is 0 Å². The first-order valence-electron chi connectivity index (χ1n) is 4.71. The van der Waals surface area contributed by atoms with Crippen LogP contribution in [0.25, 0.3) is 0 Å². The molecule has 1 rings (SSSR count). The Labute approximate surface area is 79.0 Å². The fourth-order valence-corrected chi connectivity index (χ4v) is 1.00. The summed E-state index contributed by atoms with van der Waals surface area (Å²) in [4.78, 5) is 0. The maximum Gasteiger partial charge on any atom is 0.123 e. The summed E-state index contributed by atoms with van der Waals surface area (Å²) < 4.78 is 12.5. The summed E-state index contributed by atoms with van der Waals surface area (Å²) in [5.41, 5.74) is 0.988. The Balaban J connectivity index is 2.41. The second-order valence-electron chi connectivity index (χ2n) is 3.40. The van der Waals surface area contributed by atoms with Crippen LogP contribution in [0.4, 0.5) is 10.1 Å². The van der Waals surface area contributed by atoms with Crippen molar-refractivity contribution in [2.45, 2.75) is 20.3 Å². The molecule has 1 N–H and O–H groups in total. The minimum absolute atomic E-state index is 0.186. The molecule has 1 aromatic rings. The van der Waals surface area contributed by atoms with E-state index in [0.29, 0.717) is 5.92 Å². The van der Waals surface area contributed by atoms with Crippen LogP contribution in [0.1, 0.15) is 20.3 Å². The van der Waals surface area contributed by atoms with Gasteiger partial charge in [-0.3, -0.25) is 0 Å². The molecule has 0 spiro atoms. The topological polar surface area (TPSA) is 12.0 Å². The molecule has 0 radical (unpaired) electrons. The molecule has 72 valence electrons. The van der Waals surface area contributed by atoms with E-state index in [4.69, 9.17) is 0 Å². The van der Waals surface area contributed by atoms with E-state index in [1.807, 2.05) is 0 Å². The summed E-state index contributed by atoms with van der Waals surface area (Å²) in [5, 5.41) is 3.26. The normalized spacial score (nSPS) is 12.5. The third-order valence-corrected chi connectivity index (χ3v) is 2.20. The van der Waals surface area contributed by atoms with Gasteiger partial charge in [-0.1, -0.05) is 20.3 Å². The molecule has 0 fully saturated rings. The lowest BCUT2D eigenvalue weighted by Crippen LogP contribution is -2.09. The van der Waals surface area contributed by atoms with E-state index in [9.17, 15) is 4.39 Å². The van der Waals surface area contributed by atoms with Crippen molar-refractivity contribution >= 4 is 5.69 Å². The number of nitrogens with one attached hydrogen (secondary N) is 1. The van der Waals surface area contributed by atoms with Crippen molar-refractivity contribution in [3.8, 4) is 0 Å². The molecule has 0 bridgehead atoms. The predicted octanol–water partition coefficient (Wildman–Crippen LogP) is 3.28. The SMILES string of the molecule is CC[C@H](C)CNc1ccc(F)cc1. The van der Waals surface area contributed by atoms with Crippen molar-refractivity contribution in [3.05, 3.63) is 30.1 Å². The maximum absolute atomic E-state index is 12.5. The van der Waals surface area contributed by atoms with Gasteiger partial charge in [0.2, 0.25) is 0 Å². The molecule has 0 heterocycles. The number of hydrogen-bond acceptors (Lipinski definition) is 1. The first-order valence-corrected chi connectivity index (χ1v) is 4.71. The molecule has 0 amide bonds. The third kappa shape index (κ3) is 3.45. The summed E-state index contributed by atoms with van der Waals surface area (Å²) in [7, 11) is 0. The first-order chi connectivity index (χ1) is 6.22. The van der Waals surface area contributed by atoms with E-state index in [0.717, 1.165) is 18.7 Å². The van der Waals surface area contributed by atoms with E-state index in [1.165, 1.54) is 12.1 Å². The summed E-state index contributed by atoms with van der Waals surface area (Å²) >= 11 is 0. The Kier molecular flexibility index (Phi) is 3.74. The van der Waals surface area contributed by atoms with Crippen LogP contribution in [-0.2, 0) is 0 Å². The van der Waals surface area contributed by atoms with Crippen molar-refractivity contribution in [2.24, 2.45) is 5.92 Å². The number of halogens is 1. The van der Waals surface area contributed by atoms with E-state index >= 15 is 0 Å². The number of anilines is 1. The molecule has 1 aromatic carbocycles. The van der Waals surface area contributed by atoms with Gasteiger partial charge in [0.25, 0.3) is 0 Å². The molecule has 0 aromatic heterocycles. The predicted molar refractivity (Wildman–Crippen MR) is 54.3 cm³/mol. The molecule has 1 nitrogen and oxygen atoms in total. The lowest BCUT2D eigenvalue weighted by atomic mass is 10.1. The van der Waals surface area contributed by atoms with Gasteiger partial charge >= 0.3 is 0 Å². The van der Waals surface area contributed by atoms with Crippen LogP contribution >= 0.6 is 0 Å². The molecular formula is C11H16FN. The van der Waals surface area contributed by atoms with E-state index in [1.54, 1.807) is 12.1 Å². The quantitative estimate of drug-likeness (QED) is 0.751. The van der Waals surface area contributed by atoms with Crippen molar-refractivity contribution < 1.29 is 4.39 Å². The zero-order valence-corrected chi connectivity index (χ0v) is 8.18. The van der Waals surface area contributed by atoms with Crippen molar-refractivity contribution in [3.63, 3.8) is 0 Å². The minimum atomic E-state index is -0.186. The molecule has 0 aliphatic heterocycles. The number of benzene rings is 1. The molecule has 0 aliphatic carbocycles. The van der Waals surface area contributed by atoms with Gasteiger partial charge in [0.05, 0.1) is 0 Å². The highest BCUT2D eigenvalue weighted by Gasteiger charge is 1.98. The van der Waals surface area contributed by atoms with Gasteiger partial charge in [-0.05, 0) is 30.2 Å².